The number of nitrogens with two attached hydrogens (primary N) is 1. The SMILES string of the molecule is CC(O)C1CC(COCc2ccccc2)OCC1(N)c1cc(Br)ccc1F. The van der Waals surface area contributed by atoms with Gasteiger partial charge in [0, 0.05) is 16.0 Å². The van der Waals surface area contributed by atoms with Gasteiger partial charge in [-0.15, -0.1) is 0 Å². The van der Waals surface area contributed by atoms with E-state index in [0.29, 0.717) is 25.2 Å². The summed E-state index contributed by atoms with van der Waals surface area (Å²) in [6, 6.07) is 14.6. The van der Waals surface area contributed by atoms with E-state index in [-0.39, 0.29) is 18.6 Å². The van der Waals surface area contributed by atoms with Crippen molar-refractivity contribution < 1.29 is 19.0 Å². The number of aliphatic hydroxyl groups is 1. The van der Waals surface area contributed by atoms with Gasteiger partial charge in [-0.2, -0.15) is 0 Å². The molecular formula is C21H25BrFNO3. The van der Waals surface area contributed by atoms with Crippen molar-refractivity contribution >= 4 is 15.9 Å². The second-order valence-electron chi connectivity index (χ2n) is 7.18. The van der Waals surface area contributed by atoms with Gasteiger partial charge in [-0.1, -0.05) is 46.3 Å². The van der Waals surface area contributed by atoms with Gasteiger partial charge >= 0.3 is 0 Å². The molecule has 4 atom stereocenters. The average Bonchev–Trinajstić information content (AvgIpc) is 2.65. The van der Waals surface area contributed by atoms with Gasteiger partial charge in [0.1, 0.15) is 5.82 Å². The zero-order valence-electron chi connectivity index (χ0n) is 15.3. The molecule has 2 aromatic carbocycles. The van der Waals surface area contributed by atoms with Crippen LogP contribution < -0.4 is 5.73 Å². The molecule has 27 heavy (non-hydrogen) atoms. The van der Waals surface area contributed by atoms with Gasteiger partial charge in [-0.25, -0.2) is 4.39 Å². The molecule has 3 N–H and O–H groups in total. The third-order valence-corrected chi connectivity index (χ3v) is 5.66. The van der Waals surface area contributed by atoms with Crippen LogP contribution in [0.25, 0.3) is 0 Å². The van der Waals surface area contributed by atoms with Crippen molar-refractivity contribution in [2.75, 3.05) is 13.2 Å². The van der Waals surface area contributed by atoms with Gasteiger partial charge in [0.15, 0.2) is 0 Å². The van der Waals surface area contributed by atoms with Crippen LogP contribution in [0.2, 0.25) is 0 Å². The molecule has 2 aromatic rings. The van der Waals surface area contributed by atoms with Crippen LogP contribution in [0.4, 0.5) is 4.39 Å². The number of hydrogen-bond donors (Lipinski definition) is 2. The molecule has 0 aliphatic carbocycles. The van der Waals surface area contributed by atoms with Crippen LogP contribution >= 0.6 is 15.9 Å². The summed E-state index contributed by atoms with van der Waals surface area (Å²) in [4.78, 5) is 0. The first-order valence-corrected chi connectivity index (χ1v) is 9.85. The number of ether oxygens (including phenoxy) is 2. The van der Waals surface area contributed by atoms with Crippen LogP contribution in [-0.2, 0) is 21.6 Å². The highest BCUT2D eigenvalue weighted by Gasteiger charge is 2.46. The molecule has 6 heteroatoms. The predicted octanol–water partition coefficient (Wildman–Crippen LogP) is 3.74. The summed E-state index contributed by atoms with van der Waals surface area (Å²) in [5, 5.41) is 10.3. The maximum absolute atomic E-state index is 14.5. The molecule has 0 aromatic heterocycles. The third kappa shape index (κ3) is 4.76. The van der Waals surface area contributed by atoms with Crippen LogP contribution in [0.15, 0.2) is 53.0 Å². The molecule has 1 aliphatic rings. The number of halogens is 2. The summed E-state index contributed by atoms with van der Waals surface area (Å²) in [7, 11) is 0. The summed E-state index contributed by atoms with van der Waals surface area (Å²) in [6.45, 7) is 2.70. The molecule has 146 valence electrons. The minimum absolute atomic E-state index is 0.120. The normalized spacial score (nSPS) is 26.7. The van der Waals surface area contributed by atoms with E-state index >= 15 is 0 Å². The highest BCUT2D eigenvalue weighted by Crippen LogP contribution is 2.39. The summed E-state index contributed by atoms with van der Waals surface area (Å²) in [6.07, 6.45) is -0.399. The van der Waals surface area contributed by atoms with E-state index in [4.69, 9.17) is 15.2 Å². The first-order valence-electron chi connectivity index (χ1n) is 9.06. The largest absolute Gasteiger partial charge is 0.393 e. The van der Waals surface area contributed by atoms with E-state index in [0.717, 1.165) is 10.0 Å². The lowest BCUT2D eigenvalue weighted by Crippen LogP contribution is -2.57. The first kappa shape index (κ1) is 20.4. The van der Waals surface area contributed by atoms with E-state index in [2.05, 4.69) is 15.9 Å². The number of hydrogen-bond acceptors (Lipinski definition) is 4. The summed E-state index contributed by atoms with van der Waals surface area (Å²) in [5.41, 5.74) is 6.93. The molecule has 0 bridgehead atoms. The van der Waals surface area contributed by atoms with Crippen LogP contribution in [0.3, 0.4) is 0 Å². The molecule has 3 rings (SSSR count). The Morgan fingerprint density at radius 3 is 2.78 bits per heavy atom. The Balaban J connectivity index is 1.69. The van der Waals surface area contributed by atoms with Crippen molar-refractivity contribution in [3.63, 3.8) is 0 Å². The van der Waals surface area contributed by atoms with Crippen LogP contribution in [0.5, 0.6) is 0 Å². The molecule has 1 heterocycles. The van der Waals surface area contributed by atoms with Crippen molar-refractivity contribution in [3.8, 4) is 0 Å². The maximum atomic E-state index is 14.5. The van der Waals surface area contributed by atoms with Crippen LogP contribution in [-0.4, -0.2) is 30.5 Å². The lowest BCUT2D eigenvalue weighted by Gasteiger charge is -2.45. The minimum Gasteiger partial charge on any atom is -0.393 e. The molecule has 1 saturated heterocycles. The van der Waals surface area contributed by atoms with Crippen molar-refractivity contribution in [1.82, 2.24) is 0 Å². The Morgan fingerprint density at radius 2 is 2.07 bits per heavy atom. The number of aliphatic hydroxyl groups excluding tert-OH is 1. The van der Waals surface area contributed by atoms with Crippen molar-refractivity contribution in [1.29, 1.82) is 0 Å². The standard InChI is InChI=1S/C21H25BrFNO3/c1-14(25)18-10-17(12-26-11-15-5-3-2-4-6-15)27-13-21(18,24)19-9-16(22)7-8-20(19)23/h2-9,14,17-18,25H,10-13,24H2,1H3. The number of rotatable bonds is 6. The topological polar surface area (TPSA) is 64.7 Å². The molecule has 0 amide bonds. The van der Waals surface area contributed by atoms with Gasteiger partial charge in [0.2, 0.25) is 0 Å². The van der Waals surface area contributed by atoms with E-state index in [9.17, 15) is 9.50 Å². The van der Waals surface area contributed by atoms with Crippen LogP contribution in [0, 0.1) is 11.7 Å². The van der Waals surface area contributed by atoms with Crippen molar-refractivity contribution in [2.24, 2.45) is 11.7 Å². The van der Waals surface area contributed by atoms with Gasteiger partial charge in [-0.05, 0) is 37.1 Å². The highest BCUT2D eigenvalue weighted by molar-refractivity contribution is 9.10. The molecule has 4 unspecified atom stereocenters. The Labute approximate surface area is 167 Å². The Morgan fingerprint density at radius 1 is 1.33 bits per heavy atom. The highest BCUT2D eigenvalue weighted by atomic mass is 79.9. The minimum atomic E-state index is -1.10. The molecular weight excluding hydrogens is 413 g/mol. The van der Waals surface area contributed by atoms with Crippen molar-refractivity contribution in [2.45, 2.75) is 37.7 Å². The summed E-state index contributed by atoms with van der Waals surface area (Å²) in [5.74, 6) is -0.742. The van der Waals surface area contributed by atoms with E-state index in [1.165, 1.54) is 6.07 Å². The maximum Gasteiger partial charge on any atom is 0.128 e. The smallest absolute Gasteiger partial charge is 0.128 e. The average molecular weight is 438 g/mol. The Bertz CT molecular complexity index is 758. The van der Waals surface area contributed by atoms with E-state index in [1.807, 2.05) is 30.3 Å². The Kier molecular flexibility index (Phi) is 6.65. The summed E-state index contributed by atoms with van der Waals surface area (Å²) < 4.78 is 26.9. The molecule has 1 aliphatic heterocycles. The van der Waals surface area contributed by atoms with Crippen LogP contribution in [0.1, 0.15) is 24.5 Å². The van der Waals surface area contributed by atoms with Crippen molar-refractivity contribution in [3.05, 3.63) is 69.9 Å². The molecule has 4 nitrogen and oxygen atoms in total. The number of benzene rings is 2. The molecule has 0 radical (unpaired) electrons. The fraction of sp³-hybridized carbons (Fsp3) is 0.429. The fourth-order valence-electron chi connectivity index (χ4n) is 3.68. The Hall–Kier alpha value is -1.31. The van der Waals surface area contributed by atoms with Gasteiger partial charge < -0.3 is 20.3 Å². The van der Waals surface area contributed by atoms with E-state index < -0.39 is 17.5 Å². The zero-order valence-corrected chi connectivity index (χ0v) is 16.9. The van der Waals surface area contributed by atoms with Gasteiger partial charge in [0.05, 0.1) is 37.6 Å². The quantitative estimate of drug-likeness (QED) is 0.722. The summed E-state index contributed by atoms with van der Waals surface area (Å²) >= 11 is 3.37. The third-order valence-electron chi connectivity index (χ3n) is 5.16. The monoisotopic (exact) mass is 437 g/mol. The molecule has 0 saturated carbocycles. The zero-order chi connectivity index (χ0) is 19.4. The van der Waals surface area contributed by atoms with Gasteiger partial charge in [0.25, 0.3) is 0 Å². The van der Waals surface area contributed by atoms with Gasteiger partial charge in [-0.3, -0.25) is 0 Å². The second kappa shape index (κ2) is 8.80. The predicted molar refractivity (Wildman–Crippen MR) is 106 cm³/mol. The van der Waals surface area contributed by atoms with E-state index in [1.54, 1.807) is 19.1 Å². The molecule has 1 fully saturated rings. The fourth-order valence-corrected chi connectivity index (χ4v) is 4.04. The second-order valence-corrected chi connectivity index (χ2v) is 8.10. The lowest BCUT2D eigenvalue weighted by atomic mass is 9.72. The lowest BCUT2D eigenvalue weighted by molar-refractivity contribution is -0.119. The molecule has 0 spiro atoms. The first-order chi connectivity index (χ1) is 12.9.